The zero-order valence-corrected chi connectivity index (χ0v) is 23.2. The normalized spacial score (nSPS) is 17.5. The van der Waals surface area contributed by atoms with Gasteiger partial charge in [0, 0.05) is 55.0 Å². The van der Waals surface area contributed by atoms with Gasteiger partial charge in [-0.05, 0) is 31.0 Å². The number of sulfone groups is 1. The van der Waals surface area contributed by atoms with E-state index in [0.717, 1.165) is 12.8 Å². The fourth-order valence-corrected chi connectivity index (χ4v) is 5.73. The van der Waals surface area contributed by atoms with Gasteiger partial charge in [0.25, 0.3) is 11.8 Å². The number of nitrogens with zero attached hydrogens (tertiary/aromatic N) is 4. The maximum absolute atomic E-state index is 13.2. The predicted octanol–water partition coefficient (Wildman–Crippen LogP) is 1.81. The molecule has 1 aliphatic heterocycles. The number of carbonyl (C=O) groups excluding carboxylic acids is 3. The molecule has 14 heteroatoms. The monoisotopic (exact) mass is 584 g/mol. The Morgan fingerprint density at radius 1 is 1.12 bits per heavy atom. The van der Waals surface area contributed by atoms with Crippen molar-refractivity contribution in [1.82, 2.24) is 25.0 Å². The van der Waals surface area contributed by atoms with Crippen molar-refractivity contribution < 1.29 is 31.7 Å². The Balaban J connectivity index is 1.47. The number of methoxy groups -OCH3 is 1. The molecule has 3 heterocycles. The smallest absolute Gasteiger partial charge is 0.272 e. The second-order valence-corrected chi connectivity index (χ2v) is 12.1. The van der Waals surface area contributed by atoms with Crippen LogP contribution in [0.1, 0.15) is 37.8 Å². The van der Waals surface area contributed by atoms with Gasteiger partial charge in [0.15, 0.2) is 15.6 Å². The third-order valence-electron chi connectivity index (χ3n) is 6.96. The van der Waals surface area contributed by atoms with Gasteiger partial charge in [-0.25, -0.2) is 13.4 Å². The van der Waals surface area contributed by atoms with Crippen molar-refractivity contribution in [3.8, 4) is 17.0 Å². The number of amides is 3. The molecule has 2 fully saturated rings. The van der Waals surface area contributed by atoms with Crippen molar-refractivity contribution in [3.05, 3.63) is 47.8 Å². The first kappa shape index (κ1) is 24.3. The van der Waals surface area contributed by atoms with Gasteiger partial charge in [0.05, 0.1) is 41.2 Å². The molecule has 1 saturated carbocycles. The zero-order valence-electron chi connectivity index (χ0n) is 25.4. The van der Waals surface area contributed by atoms with Gasteiger partial charge < -0.3 is 25.6 Å². The summed E-state index contributed by atoms with van der Waals surface area (Å²) in [5.41, 5.74) is 1.59. The summed E-state index contributed by atoms with van der Waals surface area (Å²) in [7, 11) is -0.123. The summed E-state index contributed by atoms with van der Waals surface area (Å²) in [4.78, 5) is 44.1. The van der Waals surface area contributed by atoms with Crippen LogP contribution in [0.15, 0.2) is 36.5 Å². The first-order valence-corrected chi connectivity index (χ1v) is 14.7. The molecule has 3 N–H and O–H groups in total. The lowest BCUT2D eigenvalue weighted by atomic mass is 10.1. The second kappa shape index (κ2) is 11.2. The van der Waals surface area contributed by atoms with E-state index < -0.39 is 22.7 Å². The van der Waals surface area contributed by atoms with E-state index in [1.54, 1.807) is 31.3 Å². The minimum Gasteiger partial charge on any atom is -0.494 e. The van der Waals surface area contributed by atoms with Crippen molar-refractivity contribution in [3.63, 3.8) is 0 Å². The number of pyridine rings is 1. The Bertz CT molecular complexity index is 1720. The van der Waals surface area contributed by atoms with Gasteiger partial charge in [-0.2, -0.15) is 5.10 Å². The van der Waals surface area contributed by atoms with Gasteiger partial charge in [0.2, 0.25) is 5.91 Å². The molecule has 2 aliphatic rings. The third-order valence-corrected chi connectivity index (χ3v) is 8.57. The fraction of sp³-hybridized carbons (Fsp3) is 0.370. The number of para-hydroxylation sites is 1. The SMILES string of the molecule is [2H]C([2H])([2H])NC(=O)c1cnc(NC(=O)C2CC2)cc1Nc1cccc(-c2cc(C(=O)N3CCS(=O)(=O)CC3)n(C)n2)c1OC. The van der Waals surface area contributed by atoms with E-state index in [0.29, 0.717) is 22.7 Å². The lowest BCUT2D eigenvalue weighted by molar-refractivity contribution is -0.117. The molecule has 13 nitrogen and oxygen atoms in total. The van der Waals surface area contributed by atoms with Crippen LogP contribution in [0.3, 0.4) is 0 Å². The molecule has 216 valence electrons. The number of rotatable bonds is 8. The van der Waals surface area contributed by atoms with Crippen LogP contribution in [0.2, 0.25) is 0 Å². The molecule has 1 saturated heterocycles. The molecule has 0 spiro atoms. The minimum absolute atomic E-state index is 0.0905. The fourth-order valence-electron chi connectivity index (χ4n) is 4.53. The molecule has 0 unspecified atom stereocenters. The van der Waals surface area contributed by atoms with Crippen molar-refractivity contribution in [2.75, 3.05) is 49.3 Å². The quantitative estimate of drug-likeness (QED) is 0.358. The van der Waals surface area contributed by atoms with Crippen LogP contribution in [0.5, 0.6) is 5.75 Å². The summed E-state index contributed by atoms with van der Waals surface area (Å²) in [6, 6.07) is 8.10. The first-order chi connectivity index (χ1) is 20.7. The van der Waals surface area contributed by atoms with Gasteiger partial charge in [-0.1, -0.05) is 6.07 Å². The molecule has 0 bridgehead atoms. The van der Waals surface area contributed by atoms with Gasteiger partial charge in [0.1, 0.15) is 11.5 Å². The van der Waals surface area contributed by atoms with E-state index in [9.17, 15) is 22.8 Å². The topological polar surface area (TPSA) is 165 Å². The average molecular weight is 585 g/mol. The average Bonchev–Trinajstić information content (AvgIpc) is 3.73. The molecule has 41 heavy (non-hydrogen) atoms. The van der Waals surface area contributed by atoms with E-state index in [-0.39, 0.29) is 65.1 Å². The predicted molar refractivity (Wildman–Crippen MR) is 152 cm³/mol. The molecule has 3 amide bonds. The number of hydrogen-bond acceptors (Lipinski definition) is 9. The molecule has 5 rings (SSSR count). The van der Waals surface area contributed by atoms with E-state index in [1.807, 2.05) is 5.32 Å². The first-order valence-electron chi connectivity index (χ1n) is 14.4. The lowest BCUT2D eigenvalue weighted by Crippen LogP contribution is -2.44. The highest BCUT2D eigenvalue weighted by atomic mass is 32.2. The van der Waals surface area contributed by atoms with E-state index >= 15 is 0 Å². The van der Waals surface area contributed by atoms with Crippen LogP contribution in [0.4, 0.5) is 17.2 Å². The van der Waals surface area contributed by atoms with Crippen molar-refractivity contribution in [1.29, 1.82) is 0 Å². The lowest BCUT2D eigenvalue weighted by Gasteiger charge is -2.26. The summed E-state index contributed by atoms with van der Waals surface area (Å²) in [6.45, 7) is -2.56. The zero-order chi connectivity index (χ0) is 31.8. The van der Waals surface area contributed by atoms with Crippen LogP contribution in [0.25, 0.3) is 11.3 Å². The molecule has 1 aliphatic carbocycles. The van der Waals surface area contributed by atoms with Crippen molar-refractivity contribution in [2.24, 2.45) is 13.0 Å². The van der Waals surface area contributed by atoms with E-state index in [4.69, 9.17) is 8.85 Å². The second-order valence-electron chi connectivity index (χ2n) is 9.83. The van der Waals surface area contributed by atoms with Crippen LogP contribution < -0.4 is 20.7 Å². The highest BCUT2D eigenvalue weighted by Gasteiger charge is 2.30. The molecule has 3 aromatic rings. The number of hydrogen-bond donors (Lipinski definition) is 3. The number of aryl methyl sites for hydroxylation is 1. The molecular formula is C27H31N7O6S. The number of benzene rings is 1. The Morgan fingerprint density at radius 3 is 2.56 bits per heavy atom. The summed E-state index contributed by atoms with van der Waals surface area (Å²) in [5, 5.41) is 12.3. The highest BCUT2D eigenvalue weighted by molar-refractivity contribution is 7.91. The maximum atomic E-state index is 13.2. The van der Waals surface area contributed by atoms with Gasteiger partial charge >= 0.3 is 0 Å². The Kier molecular flexibility index (Phi) is 6.65. The maximum Gasteiger partial charge on any atom is 0.272 e. The molecule has 2 aromatic heterocycles. The van der Waals surface area contributed by atoms with Crippen molar-refractivity contribution >= 4 is 44.8 Å². The standard InChI is InChI=1S/C27H31N7O6S/c1-28-26(36)18-15-29-23(31-25(35)16-7-8-16)14-20(18)30-19-6-4-5-17(24(19)40-3)21-13-22(33(2)32-21)27(37)34-9-11-41(38,39)12-10-34/h4-6,13-16H,7-12H2,1-3H3,(H,28,36)(H2,29,30,31,35)/i1D3. The summed E-state index contributed by atoms with van der Waals surface area (Å²) >= 11 is 0. The van der Waals surface area contributed by atoms with Crippen LogP contribution in [-0.2, 0) is 21.7 Å². The van der Waals surface area contributed by atoms with E-state index in [1.165, 1.54) is 29.0 Å². The minimum atomic E-state index is -3.16. The van der Waals surface area contributed by atoms with Crippen LogP contribution in [0, 0.1) is 5.92 Å². The number of anilines is 3. The molecule has 0 radical (unpaired) electrons. The number of aromatic nitrogens is 3. The molecule has 0 atom stereocenters. The molecule has 1 aromatic carbocycles. The van der Waals surface area contributed by atoms with Gasteiger partial charge in [-0.15, -0.1) is 0 Å². The number of ether oxygens (including phenoxy) is 1. The largest absolute Gasteiger partial charge is 0.494 e. The van der Waals surface area contributed by atoms with Gasteiger partial charge in [-0.3, -0.25) is 19.1 Å². The molecular weight excluding hydrogens is 550 g/mol. The van der Waals surface area contributed by atoms with Crippen LogP contribution in [-0.4, -0.2) is 84.5 Å². The summed E-state index contributed by atoms with van der Waals surface area (Å²) in [6.07, 6.45) is 2.73. The Hall–Kier alpha value is -4.46. The van der Waals surface area contributed by atoms with E-state index in [2.05, 4.69) is 20.7 Å². The highest BCUT2D eigenvalue weighted by Crippen LogP contribution is 2.38. The summed E-state index contributed by atoms with van der Waals surface area (Å²) in [5.74, 6) is -1.28. The Labute approximate surface area is 241 Å². The number of carbonyl (C=O) groups is 3. The van der Waals surface area contributed by atoms with Crippen LogP contribution >= 0.6 is 0 Å². The number of nitrogens with one attached hydrogen (secondary N) is 3. The summed E-state index contributed by atoms with van der Waals surface area (Å²) < 4.78 is 53.1. The van der Waals surface area contributed by atoms with Crippen molar-refractivity contribution in [2.45, 2.75) is 12.8 Å². The Morgan fingerprint density at radius 2 is 1.88 bits per heavy atom. The third kappa shape index (κ3) is 6.01.